The minimum absolute atomic E-state index is 0.263. The number of hydrogen-bond acceptors (Lipinski definition) is 4. The lowest BCUT2D eigenvalue weighted by Gasteiger charge is -2.29. The summed E-state index contributed by atoms with van der Waals surface area (Å²) in [5.41, 5.74) is 0.601. The van der Waals surface area contributed by atoms with E-state index in [1.165, 1.54) is 6.21 Å². The van der Waals surface area contributed by atoms with Gasteiger partial charge in [0.15, 0.2) is 0 Å². The molecule has 0 unspecified atom stereocenters. The maximum Gasteiger partial charge on any atom is 0.346 e. The van der Waals surface area contributed by atoms with Crippen LogP contribution >= 0.6 is 11.6 Å². The molecule has 1 aliphatic carbocycles. The van der Waals surface area contributed by atoms with E-state index in [-0.39, 0.29) is 5.91 Å². The van der Waals surface area contributed by atoms with Crippen molar-refractivity contribution in [2.45, 2.75) is 70.9 Å². The Kier molecular flexibility index (Phi) is 5.13. The molecule has 2 heterocycles. The van der Waals surface area contributed by atoms with Crippen molar-refractivity contribution in [2.24, 2.45) is 5.10 Å². The highest BCUT2D eigenvalue weighted by Gasteiger charge is 2.51. The van der Waals surface area contributed by atoms with Gasteiger partial charge in [0.25, 0.3) is 5.91 Å². The highest BCUT2D eigenvalue weighted by molar-refractivity contribution is 6.32. The Balaban J connectivity index is 1.79. The molecule has 0 aromatic carbocycles. The van der Waals surface area contributed by atoms with Crippen LogP contribution in [0.2, 0.25) is 5.15 Å². The second-order valence-corrected chi connectivity index (χ2v) is 7.16. The van der Waals surface area contributed by atoms with E-state index < -0.39 is 11.6 Å². The van der Waals surface area contributed by atoms with Gasteiger partial charge in [0.1, 0.15) is 10.7 Å². The number of urea groups is 1. The number of unbranched alkanes of at least 4 members (excludes halogenated alkanes) is 1. The highest BCUT2D eigenvalue weighted by atomic mass is 35.5. The second kappa shape index (κ2) is 7.15. The van der Waals surface area contributed by atoms with Crippen LogP contribution in [0.15, 0.2) is 5.10 Å². The molecule has 0 atom stereocenters. The maximum atomic E-state index is 12.7. The Hall–Kier alpha value is -1.89. The van der Waals surface area contributed by atoms with E-state index in [9.17, 15) is 9.59 Å². The monoisotopic (exact) mass is 365 g/mol. The molecule has 2 aliphatic rings. The molecule has 136 valence electrons. The lowest BCUT2D eigenvalue weighted by atomic mass is 9.82. The quantitative estimate of drug-likeness (QED) is 0.642. The average molecular weight is 366 g/mol. The molecule has 1 spiro atoms. The summed E-state index contributed by atoms with van der Waals surface area (Å²) in [5, 5.41) is 12.8. The van der Waals surface area contributed by atoms with Crippen LogP contribution in [0, 0.1) is 6.92 Å². The van der Waals surface area contributed by atoms with Gasteiger partial charge in [0, 0.05) is 6.54 Å². The van der Waals surface area contributed by atoms with Crippen molar-refractivity contribution < 1.29 is 9.59 Å². The first-order valence-corrected chi connectivity index (χ1v) is 9.30. The van der Waals surface area contributed by atoms with Crippen molar-refractivity contribution in [1.82, 2.24) is 20.1 Å². The van der Waals surface area contributed by atoms with Crippen LogP contribution in [0.1, 0.15) is 63.1 Å². The molecule has 1 aliphatic heterocycles. The number of imide groups is 1. The predicted octanol–water partition coefficient (Wildman–Crippen LogP) is 3.23. The van der Waals surface area contributed by atoms with Crippen LogP contribution in [0.5, 0.6) is 0 Å². The molecule has 1 saturated carbocycles. The van der Waals surface area contributed by atoms with Gasteiger partial charge in [-0.25, -0.2) is 4.79 Å². The highest BCUT2D eigenvalue weighted by Crippen LogP contribution is 2.33. The number of amides is 3. The third kappa shape index (κ3) is 3.29. The molecule has 3 rings (SSSR count). The van der Waals surface area contributed by atoms with Crippen LogP contribution in [0.3, 0.4) is 0 Å². The summed E-state index contributed by atoms with van der Waals surface area (Å²) in [6, 6.07) is -0.463. The fourth-order valence-corrected chi connectivity index (χ4v) is 3.80. The van der Waals surface area contributed by atoms with Gasteiger partial charge in [-0.15, -0.1) is 5.01 Å². The van der Waals surface area contributed by atoms with Crippen molar-refractivity contribution in [2.75, 3.05) is 0 Å². The number of hydrazone groups is 1. The molecular weight excluding hydrogens is 342 g/mol. The molecule has 2 fully saturated rings. The number of carbonyl (C=O) groups excluding carboxylic acids is 2. The van der Waals surface area contributed by atoms with E-state index in [1.807, 2.05) is 6.92 Å². The van der Waals surface area contributed by atoms with Crippen molar-refractivity contribution in [1.29, 1.82) is 0 Å². The summed E-state index contributed by atoms with van der Waals surface area (Å²) in [4.78, 5) is 24.9. The van der Waals surface area contributed by atoms with Crippen LogP contribution in [-0.2, 0) is 11.3 Å². The van der Waals surface area contributed by atoms with Gasteiger partial charge >= 0.3 is 6.03 Å². The zero-order valence-electron chi connectivity index (χ0n) is 14.7. The van der Waals surface area contributed by atoms with Crippen molar-refractivity contribution >= 4 is 29.8 Å². The van der Waals surface area contributed by atoms with Crippen molar-refractivity contribution in [3.05, 3.63) is 16.4 Å². The Morgan fingerprint density at radius 1 is 1.32 bits per heavy atom. The third-order valence-corrected chi connectivity index (χ3v) is 5.38. The Morgan fingerprint density at radius 3 is 2.72 bits per heavy atom. The zero-order chi connectivity index (χ0) is 18.0. The summed E-state index contributed by atoms with van der Waals surface area (Å²) in [6.45, 7) is 4.67. The van der Waals surface area contributed by atoms with E-state index in [2.05, 4.69) is 22.4 Å². The van der Waals surface area contributed by atoms with Crippen LogP contribution in [0.25, 0.3) is 0 Å². The number of rotatable bonds is 5. The number of aryl methyl sites for hydroxylation is 2. The summed E-state index contributed by atoms with van der Waals surface area (Å²) >= 11 is 6.37. The molecule has 7 nitrogen and oxygen atoms in total. The van der Waals surface area contributed by atoms with Gasteiger partial charge in [0.05, 0.1) is 17.5 Å². The van der Waals surface area contributed by atoms with Gasteiger partial charge in [-0.2, -0.15) is 10.2 Å². The second-order valence-electron chi connectivity index (χ2n) is 6.80. The smallest absolute Gasteiger partial charge is 0.321 e. The number of halogens is 1. The summed E-state index contributed by atoms with van der Waals surface area (Å²) < 4.78 is 1.73. The molecular formula is C17H24ClN5O2. The van der Waals surface area contributed by atoms with Gasteiger partial charge in [-0.3, -0.25) is 9.48 Å². The largest absolute Gasteiger partial charge is 0.346 e. The molecule has 1 saturated heterocycles. The van der Waals surface area contributed by atoms with Gasteiger partial charge < -0.3 is 5.32 Å². The molecule has 1 N–H and O–H groups in total. The molecule has 3 amide bonds. The number of carbonyl (C=O) groups is 2. The summed E-state index contributed by atoms with van der Waals surface area (Å²) in [6.07, 6.45) is 7.83. The topological polar surface area (TPSA) is 79.6 Å². The lowest BCUT2D eigenvalue weighted by molar-refractivity contribution is -0.132. The first-order valence-electron chi connectivity index (χ1n) is 8.92. The fourth-order valence-electron chi connectivity index (χ4n) is 3.49. The summed E-state index contributed by atoms with van der Waals surface area (Å²) in [5.74, 6) is -0.263. The Bertz CT molecular complexity index is 706. The number of nitrogens with zero attached hydrogens (tertiary/aromatic N) is 4. The van der Waals surface area contributed by atoms with Gasteiger partial charge in [0.2, 0.25) is 0 Å². The van der Waals surface area contributed by atoms with E-state index in [1.54, 1.807) is 4.68 Å². The molecule has 8 heteroatoms. The van der Waals surface area contributed by atoms with E-state index in [0.717, 1.165) is 49.4 Å². The van der Waals surface area contributed by atoms with Crippen LogP contribution < -0.4 is 5.32 Å². The standard InChI is InChI=1S/C17H24ClN5O2/c1-3-4-10-22-14(18)13(12(2)21-22)11-19-23-15(24)17(20-16(23)25)8-6-5-7-9-17/h11H,3-10H2,1-2H3,(H,20,25)/b19-11-. The number of nitrogens with one attached hydrogen (secondary N) is 1. The maximum absolute atomic E-state index is 12.7. The van der Waals surface area contributed by atoms with Crippen LogP contribution in [0.4, 0.5) is 4.79 Å². The van der Waals surface area contributed by atoms with E-state index in [4.69, 9.17) is 11.6 Å². The predicted molar refractivity (Wildman–Crippen MR) is 95.7 cm³/mol. The third-order valence-electron chi connectivity index (χ3n) is 4.98. The first kappa shape index (κ1) is 17.9. The molecule has 25 heavy (non-hydrogen) atoms. The van der Waals surface area contributed by atoms with Gasteiger partial charge in [-0.05, 0) is 26.2 Å². The average Bonchev–Trinajstić information content (AvgIpc) is 2.99. The van der Waals surface area contributed by atoms with Crippen molar-refractivity contribution in [3.63, 3.8) is 0 Å². The fraction of sp³-hybridized carbons (Fsp3) is 0.647. The minimum atomic E-state index is -0.767. The zero-order valence-corrected chi connectivity index (χ0v) is 15.5. The molecule has 1 aromatic rings. The van der Waals surface area contributed by atoms with E-state index >= 15 is 0 Å². The van der Waals surface area contributed by atoms with Crippen LogP contribution in [-0.4, -0.2) is 38.5 Å². The van der Waals surface area contributed by atoms with Crippen molar-refractivity contribution in [3.8, 4) is 0 Å². The molecule has 0 bridgehead atoms. The van der Waals surface area contributed by atoms with E-state index in [0.29, 0.717) is 23.6 Å². The number of hydrogen-bond donors (Lipinski definition) is 1. The summed E-state index contributed by atoms with van der Waals surface area (Å²) in [7, 11) is 0. The molecule has 1 aromatic heterocycles. The van der Waals surface area contributed by atoms with Gasteiger partial charge in [-0.1, -0.05) is 44.2 Å². The first-order chi connectivity index (χ1) is 12.0. The Morgan fingerprint density at radius 2 is 2.04 bits per heavy atom. The minimum Gasteiger partial charge on any atom is -0.321 e. The lowest BCUT2D eigenvalue weighted by Crippen LogP contribution is -2.48. The Labute approximate surface area is 152 Å². The normalized spacial score (nSPS) is 20.0. The molecule has 0 radical (unpaired) electrons. The number of aromatic nitrogens is 2. The SMILES string of the molecule is CCCCn1nc(C)c(/C=N\N2C(=O)NC3(CCCCC3)C2=O)c1Cl.